The van der Waals surface area contributed by atoms with E-state index in [9.17, 15) is 4.79 Å². The summed E-state index contributed by atoms with van der Waals surface area (Å²) in [5.74, 6) is 0.821. The number of nitrogens with one attached hydrogen (secondary N) is 1. The molecule has 0 amide bonds. The van der Waals surface area contributed by atoms with Crippen molar-refractivity contribution in [1.82, 2.24) is 5.32 Å². The molecule has 0 unspecified atom stereocenters. The lowest BCUT2D eigenvalue weighted by atomic mass is 9.87. The molecule has 1 N–H and O–H groups in total. The summed E-state index contributed by atoms with van der Waals surface area (Å²) >= 11 is 0. The van der Waals surface area contributed by atoms with E-state index in [0.717, 1.165) is 31.5 Å². The highest BCUT2D eigenvalue weighted by Crippen LogP contribution is 2.30. The zero-order valence-electron chi connectivity index (χ0n) is 10.9. The van der Waals surface area contributed by atoms with Crippen molar-refractivity contribution in [3.05, 3.63) is 29.3 Å². The molecule has 4 heteroatoms. The van der Waals surface area contributed by atoms with Gasteiger partial charge in [0.1, 0.15) is 5.75 Å². The first-order valence-electron chi connectivity index (χ1n) is 6.23. The van der Waals surface area contributed by atoms with Gasteiger partial charge in [-0.05, 0) is 49.5 Å². The Morgan fingerprint density at radius 1 is 1.28 bits per heavy atom. The van der Waals surface area contributed by atoms with Crippen LogP contribution in [-0.2, 0) is 4.74 Å². The van der Waals surface area contributed by atoms with Crippen molar-refractivity contribution in [2.75, 3.05) is 27.3 Å². The van der Waals surface area contributed by atoms with E-state index in [4.69, 9.17) is 9.47 Å². The summed E-state index contributed by atoms with van der Waals surface area (Å²) < 4.78 is 10.0. The number of hydrogen-bond acceptors (Lipinski definition) is 4. The van der Waals surface area contributed by atoms with E-state index in [2.05, 4.69) is 5.32 Å². The predicted molar refractivity (Wildman–Crippen MR) is 69.2 cm³/mol. The van der Waals surface area contributed by atoms with Crippen molar-refractivity contribution in [2.24, 2.45) is 0 Å². The van der Waals surface area contributed by atoms with E-state index < -0.39 is 0 Å². The smallest absolute Gasteiger partial charge is 0.338 e. The average Bonchev–Trinajstić information content (AvgIpc) is 2.46. The Kier molecular flexibility index (Phi) is 4.20. The minimum atomic E-state index is -0.289. The average molecular weight is 249 g/mol. The number of ether oxygens (including phenoxy) is 2. The molecule has 0 atom stereocenters. The van der Waals surface area contributed by atoms with E-state index in [0.29, 0.717) is 17.2 Å². The van der Waals surface area contributed by atoms with Gasteiger partial charge in [-0.1, -0.05) is 6.07 Å². The molecular formula is C14H19NO3. The summed E-state index contributed by atoms with van der Waals surface area (Å²) in [6.45, 7) is 1.99. The Morgan fingerprint density at radius 2 is 2.00 bits per heavy atom. The number of esters is 1. The van der Waals surface area contributed by atoms with Crippen LogP contribution in [0.25, 0.3) is 0 Å². The van der Waals surface area contributed by atoms with Gasteiger partial charge in [0.15, 0.2) is 0 Å². The molecule has 4 nitrogen and oxygen atoms in total. The van der Waals surface area contributed by atoms with Gasteiger partial charge in [-0.3, -0.25) is 0 Å². The number of hydrogen-bond donors (Lipinski definition) is 1. The molecule has 1 fully saturated rings. The summed E-state index contributed by atoms with van der Waals surface area (Å²) in [5, 5.41) is 3.33. The van der Waals surface area contributed by atoms with E-state index in [1.54, 1.807) is 13.2 Å². The second-order valence-electron chi connectivity index (χ2n) is 4.47. The van der Waals surface area contributed by atoms with E-state index in [-0.39, 0.29) is 5.97 Å². The molecule has 1 heterocycles. The Labute approximate surface area is 107 Å². The Balaban J connectivity index is 2.35. The van der Waals surface area contributed by atoms with Crippen LogP contribution < -0.4 is 10.1 Å². The fourth-order valence-corrected chi connectivity index (χ4v) is 2.44. The summed E-state index contributed by atoms with van der Waals surface area (Å²) in [5.41, 5.74) is 1.70. The number of benzene rings is 1. The normalized spacial score (nSPS) is 16.3. The van der Waals surface area contributed by atoms with Crippen molar-refractivity contribution >= 4 is 5.97 Å². The zero-order valence-corrected chi connectivity index (χ0v) is 10.9. The van der Waals surface area contributed by atoms with Crippen LogP contribution in [0.5, 0.6) is 5.75 Å². The van der Waals surface area contributed by atoms with Gasteiger partial charge in [0, 0.05) is 0 Å². The minimum absolute atomic E-state index is 0.289. The second kappa shape index (κ2) is 5.87. The van der Waals surface area contributed by atoms with Crippen LogP contribution in [0.4, 0.5) is 0 Å². The Hall–Kier alpha value is -1.55. The van der Waals surface area contributed by atoms with Crippen molar-refractivity contribution in [2.45, 2.75) is 18.8 Å². The maximum absolute atomic E-state index is 11.9. The molecule has 0 aliphatic carbocycles. The number of piperidine rings is 1. The first-order valence-corrected chi connectivity index (χ1v) is 6.23. The van der Waals surface area contributed by atoms with Gasteiger partial charge < -0.3 is 14.8 Å². The maximum atomic E-state index is 11.9. The molecule has 1 aliphatic heterocycles. The van der Waals surface area contributed by atoms with Gasteiger partial charge >= 0.3 is 5.97 Å². The predicted octanol–water partition coefficient (Wildman–Crippen LogP) is 1.95. The van der Waals surface area contributed by atoms with Crippen molar-refractivity contribution in [3.63, 3.8) is 0 Å². The molecule has 2 rings (SSSR count). The third-order valence-corrected chi connectivity index (χ3v) is 3.44. The van der Waals surface area contributed by atoms with Crippen molar-refractivity contribution in [1.29, 1.82) is 0 Å². The Morgan fingerprint density at radius 3 is 2.61 bits per heavy atom. The monoisotopic (exact) mass is 249 g/mol. The molecular weight excluding hydrogens is 230 g/mol. The molecule has 98 valence electrons. The fraction of sp³-hybridized carbons (Fsp3) is 0.500. The molecule has 18 heavy (non-hydrogen) atoms. The number of rotatable bonds is 3. The first kappa shape index (κ1) is 12.9. The van der Waals surface area contributed by atoms with E-state index in [1.807, 2.05) is 12.1 Å². The molecule has 0 aromatic heterocycles. The zero-order chi connectivity index (χ0) is 13.0. The molecule has 1 aliphatic rings. The van der Waals surface area contributed by atoms with Crippen molar-refractivity contribution < 1.29 is 14.3 Å². The van der Waals surface area contributed by atoms with Crippen LogP contribution in [0.3, 0.4) is 0 Å². The lowest BCUT2D eigenvalue weighted by Gasteiger charge is -2.24. The van der Waals surface area contributed by atoms with Gasteiger partial charge in [-0.2, -0.15) is 0 Å². The quantitative estimate of drug-likeness (QED) is 0.832. The SMILES string of the molecule is COC(=O)c1cc(OC)ccc1C1CCNCC1. The van der Waals surface area contributed by atoms with Crippen LogP contribution in [0, 0.1) is 0 Å². The third kappa shape index (κ3) is 2.64. The molecule has 0 bridgehead atoms. The second-order valence-corrected chi connectivity index (χ2v) is 4.47. The largest absolute Gasteiger partial charge is 0.497 e. The molecule has 1 aromatic rings. The summed E-state index contributed by atoms with van der Waals surface area (Å²) in [6, 6.07) is 5.66. The number of methoxy groups -OCH3 is 2. The summed E-state index contributed by atoms with van der Waals surface area (Å²) in [4.78, 5) is 11.9. The fourth-order valence-electron chi connectivity index (χ4n) is 2.44. The molecule has 0 radical (unpaired) electrons. The molecule has 1 aromatic carbocycles. The van der Waals surface area contributed by atoms with Crippen LogP contribution in [-0.4, -0.2) is 33.3 Å². The van der Waals surface area contributed by atoms with E-state index in [1.165, 1.54) is 7.11 Å². The molecule has 1 saturated heterocycles. The molecule has 0 spiro atoms. The number of carbonyl (C=O) groups excluding carboxylic acids is 1. The highest BCUT2D eigenvalue weighted by Gasteiger charge is 2.22. The van der Waals surface area contributed by atoms with Crippen LogP contribution >= 0.6 is 0 Å². The van der Waals surface area contributed by atoms with Gasteiger partial charge in [-0.15, -0.1) is 0 Å². The van der Waals surface area contributed by atoms with Crippen LogP contribution in [0.2, 0.25) is 0 Å². The van der Waals surface area contributed by atoms with Gasteiger partial charge in [0.05, 0.1) is 19.8 Å². The van der Waals surface area contributed by atoms with E-state index >= 15 is 0 Å². The minimum Gasteiger partial charge on any atom is -0.497 e. The highest BCUT2D eigenvalue weighted by molar-refractivity contribution is 5.91. The third-order valence-electron chi connectivity index (χ3n) is 3.44. The molecule has 0 saturated carbocycles. The lowest BCUT2D eigenvalue weighted by molar-refractivity contribution is 0.0598. The summed E-state index contributed by atoms with van der Waals surface area (Å²) in [6.07, 6.45) is 2.10. The van der Waals surface area contributed by atoms with Crippen LogP contribution in [0.1, 0.15) is 34.7 Å². The number of carbonyl (C=O) groups is 1. The standard InChI is InChI=1S/C14H19NO3/c1-17-11-3-4-12(10-5-7-15-8-6-10)13(9-11)14(16)18-2/h3-4,9-10,15H,5-8H2,1-2H3. The maximum Gasteiger partial charge on any atom is 0.338 e. The van der Waals surface area contributed by atoms with Crippen molar-refractivity contribution in [3.8, 4) is 5.75 Å². The topological polar surface area (TPSA) is 47.6 Å². The summed E-state index contributed by atoms with van der Waals surface area (Å²) in [7, 11) is 3.01. The lowest BCUT2D eigenvalue weighted by Crippen LogP contribution is -2.27. The first-order chi connectivity index (χ1) is 8.76. The van der Waals surface area contributed by atoms with Gasteiger partial charge in [0.25, 0.3) is 0 Å². The Bertz CT molecular complexity index is 425. The van der Waals surface area contributed by atoms with Gasteiger partial charge in [-0.25, -0.2) is 4.79 Å². The highest BCUT2D eigenvalue weighted by atomic mass is 16.5. The van der Waals surface area contributed by atoms with Gasteiger partial charge in [0.2, 0.25) is 0 Å². The van der Waals surface area contributed by atoms with Crippen LogP contribution in [0.15, 0.2) is 18.2 Å².